The Kier molecular flexibility index (Phi) is 3.51. The third-order valence-corrected chi connectivity index (χ3v) is 7.47. The summed E-state index contributed by atoms with van der Waals surface area (Å²) in [4.78, 5) is 0. The minimum atomic E-state index is -0.922. The lowest BCUT2D eigenvalue weighted by molar-refractivity contribution is -0.200. The quantitative estimate of drug-likeness (QED) is 0.684. The average molecular weight is 408 g/mol. The molecule has 6 nitrogen and oxygen atoms in total. The van der Waals surface area contributed by atoms with Crippen LogP contribution in [0, 0.1) is 0 Å². The number of benzene rings is 2. The van der Waals surface area contributed by atoms with Crippen LogP contribution in [0.1, 0.15) is 22.3 Å². The van der Waals surface area contributed by atoms with Gasteiger partial charge >= 0.3 is 0 Å². The highest BCUT2D eigenvalue weighted by atomic mass is 16.8. The summed E-state index contributed by atoms with van der Waals surface area (Å²) in [5, 5.41) is 22.3. The van der Waals surface area contributed by atoms with Gasteiger partial charge < -0.3 is 29.2 Å². The maximum Gasteiger partial charge on any atom is 0.177 e. The largest absolute Gasteiger partial charge is 0.387 e. The van der Waals surface area contributed by atoms with Crippen molar-refractivity contribution in [3.63, 3.8) is 0 Å². The Morgan fingerprint density at radius 1 is 0.533 bits per heavy atom. The van der Waals surface area contributed by atoms with Gasteiger partial charge in [-0.2, -0.15) is 0 Å². The summed E-state index contributed by atoms with van der Waals surface area (Å²) in [6.07, 6.45) is -1.94. The Morgan fingerprint density at radius 3 is 1.07 bits per heavy atom. The number of aliphatic hydroxyl groups excluding tert-OH is 2. The monoisotopic (exact) mass is 408 g/mol. The summed E-state index contributed by atoms with van der Waals surface area (Å²) in [5.74, 6) is -1.66. The number of aliphatic hydroxyl groups is 2. The van der Waals surface area contributed by atoms with Crippen molar-refractivity contribution in [3.05, 3.63) is 70.8 Å². The third kappa shape index (κ3) is 2.35. The van der Waals surface area contributed by atoms with E-state index in [1.54, 1.807) is 0 Å². The summed E-state index contributed by atoms with van der Waals surface area (Å²) in [7, 11) is 0. The van der Waals surface area contributed by atoms with Gasteiger partial charge in [0.1, 0.15) is 36.6 Å². The Morgan fingerprint density at radius 2 is 0.800 bits per heavy atom. The molecule has 2 aromatic carbocycles. The fourth-order valence-corrected chi connectivity index (χ4v) is 6.17. The summed E-state index contributed by atoms with van der Waals surface area (Å²) in [6, 6.07) is 16.3. The SMILES string of the molecule is OC1[C@H]2OC3(Cc4ccccc4C3)O[C@H]2C(O)[C@@H]2OC3(Cc4ccccc4C3)O[C@@H]12. The van der Waals surface area contributed by atoms with E-state index in [1.807, 2.05) is 24.3 Å². The molecular weight excluding hydrogens is 384 g/mol. The first-order valence-corrected chi connectivity index (χ1v) is 10.8. The molecule has 3 fully saturated rings. The van der Waals surface area contributed by atoms with Crippen LogP contribution in [-0.4, -0.2) is 58.4 Å². The first-order chi connectivity index (χ1) is 14.5. The van der Waals surface area contributed by atoms with Gasteiger partial charge in [0.25, 0.3) is 0 Å². The van der Waals surface area contributed by atoms with Crippen LogP contribution in [-0.2, 0) is 44.6 Å². The van der Waals surface area contributed by atoms with Crippen molar-refractivity contribution < 1.29 is 29.2 Å². The minimum Gasteiger partial charge on any atom is -0.387 e. The Bertz CT molecular complexity index is 861. The standard InChI is InChI=1S/C24H24O6/c25-17-19-20(28-23(27-19)9-13-5-1-2-6-14(13)10-23)18(26)22-21(17)29-24(30-22)11-15-7-3-4-8-16(15)12-24/h1-8,17-22,25-26H,9-12H2/t17?,18?,19-,20-,21-,22+/m0/s1. The maximum absolute atomic E-state index is 11.2. The second-order valence-electron chi connectivity index (χ2n) is 9.38. The molecule has 7 rings (SSSR count). The molecular formula is C24H24O6. The maximum atomic E-state index is 11.2. The summed E-state index contributed by atoms with van der Waals surface area (Å²) >= 11 is 0. The number of ether oxygens (including phenoxy) is 4. The van der Waals surface area contributed by atoms with E-state index in [9.17, 15) is 10.2 Å². The highest BCUT2D eigenvalue weighted by molar-refractivity contribution is 5.36. The molecule has 2 unspecified atom stereocenters. The van der Waals surface area contributed by atoms with Crippen molar-refractivity contribution >= 4 is 0 Å². The van der Waals surface area contributed by atoms with Crippen molar-refractivity contribution in [2.75, 3.05) is 0 Å². The van der Waals surface area contributed by atoms with Crippen LogP contribution in [0.15, 0.2) is 48.5 Å². The molecule has 1 saturated carbocycles. The molecule has 2 N–H and O–H groups in total. The summed E-state index contributed by atoms with van der Waals surface area (Å²) in [5.41, 5.74) is 4.76. The molecule has 0 bridgehead atoms. The number of rotatable bonds is 0. The Balaban J connectivity index is 1.16. The zero-order chi connectivity index (χ0) is 20.1. The van der Waals surface area contributed by atoms with Crippen molar-refractivity contribution in [1.29, 1.82) is 0 Å². The topological polar surface area (TPSA) is 77.4 Å². The van der Waals surface area contributed by atoms with Crippen LogP contribution in [0.25, 0.3) is 0 Å². The second kappa shape index (κ2) is 5.91. The molecule has 0 amide bonds. The van der Waals surface area contributed by atoms with E-state index in [-0.39, 0.29) is 0 Å². The van der Waals surface area contributed by atoms with Crippen molar-refractivity contribution in [3.8, 4) is 0 Å². The average Bonchev–Trinajstić information content (AvgIpc) is 3.48. The molecule has 5 aliphatic rings. The van der Waals surface area contributed by atoms with Gasteiger partial charge in [0, 0.05) is 25.7 Å². The summed E-state index contributed by atoms with van der Waals surface area (Å²) < 4.78 is 25.3. The fourth-order valence-electron chi connectivity index (χ4n) is 6.17. The Labute approximate surface area is 174 Å². The lowest BCUT2D eigenvalue weighted by Crippen LogP contribution is -2.61. The Hall–Kier alpha value is -1.80. The fraction of sp³-hybridized carbons (Fsp3) is 0.500. The minimum absolute atomic E-state index is 0.617. The molecule has 2 aliphatic heterocycles. The normalized spacial score (nSPS) is 39.1. The van der Waals surface area contributed by atoms with Gasteiger partial charge in [-0.1, -0.05) is 48.5 Å². The predicted molar refractivity (Wildman–Crippen MR) is 105 cm³/mol. The highest BCUT2D eigenvalue weighted by Gasteiger charge is 2.66. The lowest BCUT2D eigenvalue weighted by atomic mass is 9.85. The molecule has 0 aromatic heterocycles. The van der Waals surface area contributed by atoms with Gasteiger partial charge in [-0.15, -0.1) is 0 Å². The predicted octanol–water partition coefficient (Wildman–Crippen LogP) is 1.28. The van der Waals surface area contributed by atoms with Gasteiger partial charge in [0.2, 0.25) is 0 Å². The van der Waals surface area contributed by atoms with Gasteiger partial charge in [-0.3, -0.25) is 0 Å². The second-order valence-corrected chi connectivity index (χ2v) is 9.38. The summed E-state index contributed by atoms with van der Waals surface area (Å²) in [6.45, 7) is 0. The smallest absolute Gasteiger partial charge is 0.177 e. The van der Waals surface area contributed by atoms with Crippen molar-refractivity contribution in [2.24, 2.45) is 0 Å². The number of fused-ring (bicyclic) bond motifs is 4. The zero-order valence-corrected chi connectivity index (χ0v) is 16.4. The van der Waals surface area contributed by atoms with E-state index in [2.05, 4.69) is 24.3 Å². The molecule has 6 atom stereocenters. The van der Waals surface area contributed by atoms with Crippen molar-refractivity contribution in [1.82, 2.24) is 0 Å². The van der Waals surface area contributed by atoms with Crippen molar-refractivity contribution in [2.45, 2.75) is 73.9 Å². The van der Waals surface area contributed by atoms with Gasteiger partial charge in [0.15, 0.2) is 11.6 Å². The van der Waals surface area contributed by atoms with Gasteiger partial charge in [-0.25, -0.2) is 0 Å². The first-order valence-electron chi connectivity index (χ1n) is 10.8. The van der Waals surface area contributed by atoms with Gasteiger partial charge in [-0.05, 0) is 22.3 Å². The van der Waals surface area contributed by atoms with E-state index in [0.717, 1.165) is 0 Å². The van der Waals surface area contributed by atoms with E-state index in [1.165, 1.54) is 22.3 Å². The molecule has 2 spiro atoms. The van der Waals surface area contributed by atoms with Crippen LogP contribution in [0.4, 0.5) is 0 Å². The van der Waals surface area contributed by atoms with Crippen LogP contribution in [0.5, 0.6) is 0 Å². The third-order valence-electron chi connectivity index (χ3n) is 7.47. The zero-order valence-electron chi connectivity index (χ0n) is 16.4. The molecule has 0 radical (unpaired) electrons. The van der Waals surface area contributed by atoms with E-state index in [4.69, 9.17) is 18.9 Å². The van der Waals surface area contributed by atoms with E-state index in [0.29, 0.717) is 25.7 Å². The number of hydrogen-bond acceptors (Lipinski definition) is 6. The molecule has 3 aliphatic carbocycles. The molecule has 2 heterocycles. The van der Waals surface area contributed by atoms with E-state index < -0.39 is 48.2 Å². The first kappa shape index (κ1) is 17.8. The molecule has 156 valence electrons. The van der Waals surface area contributed by atoms with Gasteiger partial charge in [0.05, 0.1) is 0 Å². The molecule has 6 heteroatoms. The van der Waals surface area contributed by atoms with Crippen LogP contribution >= 0.6 is 0 Å². The molecule has 30 heavy (non-hydrogen) atoms. The van der Waals surface area contributed by atoms with Crippen LogP contribution in [0.2, 0.25) is 0 Å². The number of hydrogen-bond donors (Lipinski definition) is 2. The molecule has 2 saturated heterocycles. The van der Waals surface area contributed by atoms with Crippen LogP contribution < -0.4 is 0 Å². The lowest BCUT2D eigenvalue weighted by Gasteiger charge is -2.38. The van der Waals surface area contributed by atoms with E-state index >= 15 is 0 Å². The highest BCUT2D eigenvalue weighted by Crippen LogP contribution is 2.50. The van der Waals surface area contributed by atoms with Crippen LogP contribution in [0.3, 0.4) is 0 Å². The molecule has 2 aromatic rings.